The Morgan fingerprint density at radius 1 is 1.21 bits per heavy atom. The van der Waals surface area contributed by atoms with Gasteiger partial charge >= 0.3 is 0 Å². The highest BCUT2D eigenvalue weighted by Crippen LogP contribution is 2.29. The maximum atomic E-state index is 13.3. The van der Waals surface area contributed by atoms with E-state index in [1.54, 1.807) is 24.3 Å². The van der Waals surface area contributed by atoms with Gasteiger partial charge in [-0.05, 0) is 43.3 Å². The zero-order valence-corrected chi connectivity index (χ0v) is 11.2. The van der Waals surface area contributed by atoms with Crippen LogP contribution < -0.4 is 4.90 Å². The number of aldehydes is 1. The maximum Gasteiger partial charge on any atom is 0.151 e. The molecule has 2 aromatic carbocycles. The number of benzene rings is 2. The van der Waals surface area contributed by atoms with E-state index in [4.69, 9.17) is 11.6 Å². The highest BCUT2D eigenvalue weighted by molar-refractivity contribution is 6.33. The average Bonchev–Trinajstić information content (AvgIpc) is 2.40. The number of halogens is 2. The van der Waals surface area contributed by atoms with Crippen LogP contribution in [0.5, 0.6) is 0 Å². The molecular formula is C15H13ClFNO. The first-order valence-corrected chi connectivity index (χ1v) is 6.31. The van der Waals surface area contributed by atoms with Crippen molar-refractivity contribution in [3.63, 3.8) is 0 Å². The molecule has 0 unspecified atom stereocenters. The van der Waals surface area contributed by atoms with Crippen LogP contribution >= 0.6 is 11.6 Å². The van der Waals surface area contributed by atoms with Gasteiger partial charge in [0, 0.05) is 23.5 Å². The van der Waals surface area contributed by atoms with Crippen LogP contribution in [0.3, 0.4) is 0 Å². The maximum absolute atomic E-state index is 13.3. The fourth-order valence-electron chi connectivity index (χ4n) is 1.94. The van der Waals surface area contributed by atoms with Gasteiger partial charge in [-0.3, -0.25) is 4.79 Å². The lowest BCUT2D eigenvalue weighted by Gasteiger charge is -2.23. The van der Waals surface area contributed by atoms with Gasteiger partial charge in [-0.2, -0.15) is 0 Å². The molecule has 19 heavy (non-hydrogen) atoms. The summed E-state index contributed by atoms with van der Waals surface area (Å²) in [5, 5.41) is 0.391. The largest absolute Gasteiger partial charge is 0.342 e. The zero-order valence-electron chi connectivity index (χ0n) is 10.4. The standard InChI is InChI=1S/C15H13ClFNO/c1-2-18(13-5-3-4-12(17)8-13)14-7-6-11(10-19)15(16)9-14/h3-10H,2H2,1H3. The van der Waals surface area contributed by atoms with Crippen molar-refractivity contribution >= 4 is 29.3 Å². The molecule has 0 aliphatic rings. The second-order valence-corrected chi connectivity index (χ2v) is 4.45. The summed E-state index contributed by atoms with van der Waals surface area (Å²) < 4.78 is 13.3. The topological polar surface area (TPSA) is 20.3 Å². The van der Waals surface area contributed by atoms with Gasteiger partial charge < -0.3 is 4.90 Å². The van der Waals surface area contributed by atoms with Crippen LogP contribution in [0.1, 0.15) is 17.3 Å². The van der Waals surface area contributed by atoms with Crippen molar-refractivity contribution in [2.24, 2.45) is 0 Å². The summed E-state index contributed by atoms with van der Waals surface area (Å²) in [6, 6.07) is 11.5. The lowest BCUT2D eigenvalue weighted by atomic mass is 10.2. The number of hydrogen-bond acceptors (Lipinski definition) is 2. The highest BCUT2D eigenvalue weighted by atomic mass is 35.5. The number of hydrogen-bond donors (Lipinski definition) is 0. The molecule has 0 aliphatic carbocycles. The van der Waals surface area contributed by atoms with Crippen LogP contribution in [-0.4, -0.2) is 12.8 Å². The van der Waals surface area contributed by atoms with E-state index in [-0.39, 0.29) is 5.82 Å². The molecule has 0 heterocycles. The number of rotatable bonds is 4. The van der Waals surface area contributed by atoms with Crippen molar-refractivity contribution in [3.05, 3.63) is 58.9 Å². The van der Waals surface area contributed by atoms with E-state index >= 15 is 0 Å². The molecule has 4 heteroatoms. The van der Waals surface area contributed by atoms with Gasteiger partial charge in [-0.1, -0.05) is 17.7 Å². The van der Waals surface area contributed by atoms with Gasteiger partial charge in [0.2, 0.25) is 0 Å². The summed E-state index contributed by atoms with van der Waals surface area (Å²) in [5.74, 6) is -0.286. The second-order valence-electron chi connectivity index (χ2n) is 4.05. The van der Waals surface area contributed by atoms with Crippen molar-refractivity contribution < 1.29 is 9.18 Å². The quantitative estimate of drug-likeness (QED) is 0.770. The van der Waals surface area contributed by atoms with E-state index in [2.05, 4.69) is 0 Å². The number of carbonyl (C=O) groups is 1. The number of carbonyl (C=O) groups excluding carboxylic acids is 1. The van der Waals surface area contributed by atoms with E-state index in [1.165, 1.54) is 12.1 Å². The monoisotopic (exact) mass is 277 g/mol. The predicted octanol–water partition coefficient (Wildman–Crippen LogP) is 4.45. The van der Waals surface area contributed by atoms with Gasteiger partial charge in [0.25, 0.3) is 0 Å². The van der Waals surface area contributed by atoms with Crippen LogP contribution in [0.25, 0.3) is 0 Å². The molecule has 0 bridgehead atoms. The number of nitrogens with zero attached hydrogens (tertiary/aromatic N) is 1. The minimum absolute atomic E-state index is 0.286. The Bertz CT molecular complexity index is 600. The fraction of sp³-hybridized carbons (Fsp3) is 0.133. The Morgan fingerprint density at radius 3 is 2.53 bits per heavy atom. The Kier molecular flexibility index (Phi) is 4.17. The SMILES string of the molecule is CCN(c1cccc(F)c1)c1ccc(C=O)c(Cl)c1. The van der Waals surface area contributed by atoms with E-state index in [1.807, 2.05) is 17.9 Å². The molecule has 98 valence electrons. The minimum Gasteiger partial charge on any atom is -0.342 e. The average molecular weight is 278 g/mol. The Labute approximate surface area is 116 Å². The summed E-state index contributed by atoms with van der Waals surface area (Å²) in [6.45, 7) is 2.63. The highest BCUT2D eigenvalue weighted by Gasteiger charge is 2.10. The van der Waals surface area contributed by atoms with Crippen molar-refractivity contribution in [1.82, 2.24) is 0 Å². The predicted molar refractivity (Wildman–Crippen MR) is 75.9 cm³/mol. The third-order valence-electron chi connectivity index (χ3n) is 2.86. The zero-order chi connectivity index (χ0) is 13.8. The first-order valence-electron chi connectivity index (χ1n) is 5.93. The molecule has 0 radical (unpaired) electrons. The first kappa shape index (κ1) is 13.6. The summed E-state index contributed by atoms with van der Waals surface area (Å²) in [7, 11) is 0. The summed E-state index contributed by atoms with van der Waals surface area (Å²) in [6.07, 6.45) is 0.713. The molecule has 0 amide bonds. The van der Waals surface area contributed by atoms with Crippen LogP contribution in [-0.2, 0) is 0 Å². The molecule has 0 saturated carbocycles. The molecule has 0 spiro atoms. The molecule has 2 aromatic rings. The molecule has 0 aromatic heterocycles. The lowest BCUT2D eigenvalue weighted by molar-refractivity contribution is 0.112. The molecule has 2 nitrogen and oxygen atoms in total. The van der Waals surface area contributed by atoms with Crippen molar-refractivity contribution in [3.8, 4) is 0 Å². The van der Waals surface area contributed by atoms with Crippen molar-refractivity contribution in [2.75, 3.05) is 11.4 Å². The van der Waals surface area contributed by atoms with E-state index in [0.717, 1.165) is 11.4 Å². The first-order chi connectivity index (χ1) is 9.15. The van der Waals surface area contributed by atoms with E-state index in [9.17, 15) is 9.18 Å². The van der Waals surface area contributed by atoms with Crippen LogP contribution in [0, 0.1) is 5.82 Å². The van der Waals surface area contributed by atoms with Crippen LogP contribution in [0.4, 0.5) is 15.8 Å². The molecule has 0 fully saturated rings. The Balaban J connectivity index is 2.42. The summed E-state index contributed by atoms with van der Waals surface area (Å²) in [5.41, 5.74) is 2.02. The second kappa shape index (κ2) is 5.85. The summed E-state index contributed by atoms with van der Waals surface area (Å²) >= 11 is 6.02. The third kappa shape index (κ3) is 2.93. The van der Waals surface area contributed by atoms with Crippen LogP contribution in [0.2, 0.25) is 5.02 Å². The molecule has 0 saturated heterocycles. The Morgan fingerprint density at radius 2 is 1.95 bits per heavy atom. The lowest BCUT2D eigenvalue weighted by Crippen LogP contribution is -2.16. The molecule has 0 N–H and O–H groups in total. The minimum atomic E-state index is -0.286. The molecule has 0 aliphatic heterocycles. The van der Waals surface area contributed by atoms with E-state index < -0.39 is 0 Å². The van der Waals surface area contributed by atoms with Gasteiger partial charge in [-0.15, -0.1) is 0 Å². The van der Waals surface area contributed by atoms with Crippen molar-refractivity contribution in [2.45, 2.75) is 6.92 Å². The Hall–Kier alpha value is -1.87. The molecule has 2 rings (SSSR count). The van der Waals surface area contributed by atoms with Gasteiger partial charge in [0.1, 0.15) is 5.82 Å². The smallest absolute Gasteiger partial charge is 0.151 e. The molecule has 0 atom stereocenters. The van der Waals surface area contributed by atoms with Gasteiger partial charge in [-0.25, -0.2) is 4.39 Å². The fourth-order valence-corrected chi connectivity index (χ4v) is 2.16. The van der Waals surface area contributed by atoms with Gasteiger partial charge in [0.15, 0.2) is 6.29 Å². The van der Waals surface area contributed by atoms with Crippen LogP contribution in [0.15, 0.2) is 42.5 Å². The third-order valence-corrected chi connectivity index (χ3v) is 3.19. The van der Waals surface area contributed by atoms with Crippen molar-refractivity contribution in [1.29, 1.82) is 0 Å². The molecular weight excluding hydrogens is 265 g/mol. The summed E-state index contributed by atoms with van der Waals surface area (Å²) in [4.78, 5) is 12.7. The normalized spacial score (nSPS) is 10.3. The van der Waals surface area contributed by atoms with Gasteiger partial charge in [0.05, 0.1) is 5.02 Å². The number of anilines is 2. The van der Waals surface area contributed by atoms with E-state index in [0.29, 0.717) is 23.4 Å².